The summed E-state index contributed by atoms with van der Waals surface area (Å²) >= 11 is 0. The molecule has 67 heavy (non-hydrogen) atoms. The molecule has 4 saturated carbocycles. The van der Waals surface area contributed by atoms with Crippen molar-refractivity contribution < 1.29 is 109 Å². The SMILES string of the molecule is C=C1C[C@@]23CC[C@H]4[C@@](C)(CCC[C@@]4(C)C(=O)O[C@@H]4OC(CO)[C@@H](O)C(O)[C@@H]4O)[C@@H]2CC[C@]1(C[C@@H]1O[C@H](CO)C(O)C(O[C@@H]2O[C@H](CO)C(O)C(O)[C@H]2O)[C@H]1O[C@@H]1O[C@@H](CO)[C@@H](O)C(O)C1O)C3. The summed E-state index contributed by atoms with van der Waals surface area (Å²) in [7, 11) is 0. The van der Waals surface area contributed by atoms with Crippen LogP contribution in [0.15, 0.2) is 12.2 Å². The Kier molecular flexibility index (Phi) is 15.0. The second kappa shape index (κ2) is 19.4. The van der Waals surface area contributed by atoms with Crippen LogP contribution in [0.25, 0.3) is 0 Å². The van der Waals surface area contributed by atoms with E-state index in [1.807, 2.05) is 6.92 Å². The summed E-state index contributed by atoms with van der Waals surface area (Å²) in [6.45, 7) is 5.75. The predicted octanol–water partition coefficient (Wildman–Crippen LogP) is -4.45. The predicted molar refractivity (Wildman–Crippen MR) is 222 cm³/mol. The van der Waals surface area contributed by atoms with E-state index in [4.69, 9.17) is 33.2 Å². The maximum Gasteiger partial charge on any atom is 0.314 e. The van der Waals surface area contributed by atoms with E-state index in [0.29, 0.717) is 51.4 Å². The lowest BCUT2D eigenvalue weighted by atomic mass is 9.40. The molecule has 8 fully saturated rings. The average molecular weight is 965 g/mol. The fourth-order valence-electron chi connectivity index (χ4n) is 14.2. The van der Waals surface area contributed by atoms with Gasteiger partial charge in [0, 0.05) is 0 Å². The van der Waals surface area contributed by atoms with Crippen LogP contribution in [0.2, 0.25) is 0 Å². The Labute approximate surface area is 387 Å². The normalized spacial score (nSPS) is 54.5. The Balaban J connectivity index is 1.06. The molecule has 384 valence electrons. The van der Waals surface area contributed by atoms with Gasteiger partial charge in [-0.1, -0.05) is 25.5 Å². The van der Waals surface area contributed by atoms with Gasteiger partial charge in [-0.25, -0.2) is 0 Å². The first kappa shape index (κ1) is 51.8. The zero-order valence-electron chi connectivity index (χ0n) is 37.8. The number of fused-ring (bicyclic) bond motifs is 3. The molecule has 22 heteroatoms. The molecular formula is C45H72O22. The molecule has 26 atom stereocenters. The van der Waals surface area contributed by atoms with Gasteiger partial charge in [0.05, 0.1) is 37.9 Å². The molecule has 22 nitrogen and oxygen atoms in total. The highest BCUT2D eigenvalue weighted by Gasteiger charge is 2.69. The lowest BCUT2D eigenvalue weighted by Crippen LogP contribution is -2.67. The van der Waals surface area contributed by atoms with Crippen LogP contribution in [0, 0.1) is 33.5 Å². The summed E-state index contributed by atoms with van der Waals surface area (Å²) in [5.41, 5.74) is -1.39. The molecule has 0 aromatic heterocycles. The highest BCUT2D eigenvalue weighted by Crippen LogP contribution is 2.75. The zero-order chi connectivity index (χ0) is 48.7. The smallest absolute Gasteiger partial charge is 0.314 e. The van der Waals surface area contributed by atoms with Crippen molar-refractivity contribution in [3.63, 3.8) is 0 Å². The van der Waals surface area contributed by atoms with Crippen molar-refractivity contribution in [2.75, 3.05) is 26.4 Å². The van der Waals surface area contributed by atoms with Gasteiger partial charge < -0.3 is 105 Å². The van der Waals surface area contributed by atoms with E-state index >= 15 is 0 Å². The standard InChI is InChI=1S/C45H72O22/c1-18-11-45-10-5-24-42(2,7-4-8-43(24,3)41(60)67-40-35(59)32(56)28(52)22(15-48)64-40)25(45)6-9-44(18,17-45)12-19-36(65-38-33(57)30(54)26(50)20(13-46)62-38)37(29(53)23(16-49)61-19)66-39-34(58)31(55)27(51)21(14-47)63-39/h19-40,46-59H,1,4-17H2,2-3H3/t19-,20-,21+,22?,23+,24-,25-,26+,27?,28+,29?,30?,31?,32?,33?,34+,35-,36-,37?,38-,39-,40-,42+,43+,44-,45+/m0/s1. The number of aliphatic hydroxyl groups is 14. The maximum absolute atomic E-state index is 14.3. The number of rotatable bonds is 12. The van der Waals surface area contributed by atoms with Crippen molar-refractivity contribution >= 4 is 5.97 Å². The van der Waals surface area contributed by atoms with E-state index in [2.05, 4.69) is 13.5 Å². The molecule has 14 N–H and O–H groups in total. The summed E-state index contributed by atoms with van der Waals surface area (Å²) < 4.78 is 41.8. The van der Waals surface area contributed by atoms with E-state index in [1.54, 1.807) is 0 Å². The van der Waals surface area contributed by atoms with Gasteiger partial charge in [-0.2, -0.15) is 0 Å². The molecule has 8 rings (SSSR count). The number of hydrogen-bond acceptors (Lipinski definition) is 22. The van der Waals surface area contributed by atoms with E-state index in [-0.39, 0.29) is 29.1 Å². The number of esters is 1. The van der Waals surface area contributed by atoms with Crippen molar-refractivity contribution in [1.29, 1.82) is 0 Å². The molecule has 8 aliphatic rings. The molecule has 1 spiro atoms. The van der Waals surface area contributed by atoms with Crippen LogP contribution in [0.4, 0.5) is 0 Å². The third-order valence-corrected chi connectivity index (χ3v) is 17.7. The van der Waals surface area contributed by atoms with Crippen LogP contribution in [-0.2, 0) is 38.0 Å². The van der Waals surface area contributed by atoms with Crippen LogP contribution in [0.5, 0.6) is 0 Å². The number of allylic oxidation sites excluding steroid dienone is 1. The molecule has 4 saturated heterocycles. The molecule has 4 heterocycles. The summed E-state index contributed by atoms with van der Waals surface area (Å²) in [6, 6.07) is 0. The first-order valence-electron chi connectivity index (χ1n) is 23.7. The Morgan fingerprint density at radius 3 is 1.58 bits per heavy atom. The van der Waals surface area contributed by atoms with Gasteiger partial charge in [0.2, 0.25) is 6.29 Å². The topological polar surface area (TPSA) is 365 Å². The van der Waals surface area contributed by atoms with E-state index in [0.717, 1.165) is 12.0 Å². The molecule has 0 aromatic carbocycles. The summed E-state index contributed by atoms with van der Waals surface area (Å²) in [5.74, 6) is -0.660. The molecule has 4 aliphatic carbocycles. The summed E-state index contributed by atoms with van der Waals surface area (Å²) in [5, 5.41) is 148. The average Bonchev–Trinajstić information content (AvgIpc) is 3.50. The molecule has 0 radical (unpaired) electrons. The van der Waals surface area contributed by atoms with Crippen molar-refractivity contribution in [3.8, 4) is 0 Å². The van der Waals surface area contributed by atoms with Crippen molar-refractivity contribution in [2.45, 2.75) is 201 Å². The third-order valence-electron chi connectivity index (χ3n) is 17.7. The quantitative estimate of drug-likeness (QED) is 0.0648. The van der Waals surface area contributed by atoms with Crippen molar-refractivity contribution in [3.05, 3.63) is 12.2 Å². The first-order chi connectivity index (χ1) is 31.6. The van der Waals surface area contributed by atoms with Gasteiger partial charge >= 0.3 is 5.97 Å². The lowest BCUT2D eigenvalue weighted by Gasteiger charge is -2.64. The van der Waals surface area contributed by atoms with Gasteiger partial charge in [-0.05, 0) is 92.8 Å². The number of hydrogen-bond donors (Lipinski definition) is 14. The van der Waals surface area contributed by atoms with E-state index < -0.39 is 166 Å². The summed E-state index contributed by atoms with van der Waals surface area (Å²) in [6.07, 6.45) is -26.5. The Hall–Kier alpha value is -1.59. The van der Waals surface area contributed by atoms with Gasteiger partial charge in [-0.15, -0.1) is 0 Å². The number of ether oxygens (including phenoxy) is 7. The Morgan fingerprint density at radius 2 is 1.04 bits per heavy atom. The minimum absolute atomic E-state index is 0.105. The molecule has 0 aromatic rings. The van der Waals surface area contributed by atoms with Crippen LogP contribution in [0.1, 0.15) is 78.1 Å². The first-order valence-corrected chi connectivity index (χ1v) is 23.7. The lowest BCUT2D eigenvalue weighted by molar-refractivity contribution is -0.372. The van der Waals surface area contributed by atoms with E-state index in [1.165, 1.54) is 0 Å². The molecule has 8 unspecified atom stereocenters. The number of carbonyl (C=O) groups is 1. The van der Waals surface area contributed by atoms with Gasteiger partial charge in [-0.3, -0.25) is 4.79 Å². The molecular weight excluding hydrogens is 892 g/mol. The Morgan fingerprint density at radius 1 is 0.567 bits per heavy atom. The van der Waals surface area contributed by atoms with Crippen LogP contribution in [-0.4, -0.2) is 227 Å². The second-order valence-corrected chi connectivity index (χ2v) is 21.3. The molecule has 2 bridgehead atoms. The second-order valence-electron chi connectivity index (χ2n) is 21.3. The fourth-order valence-corrected chi connectivity index (χ4v) is 14.2. The maximum atomic E-state index is 14.3. The third kappa shape index (κ3) is 8.64. The Bertz CT molecular complexity index is 1760. The molecule has 4 aliphatic heterocycles. The van der Waals surface area contributed by atoms with Crippen molar-refractivity contribution in [1.82, 2.24) is 0 Å². The van der Waals surface area contributed by atoms with Crippen LogP contribution in [0.3, 0.4) is 0 Å². The fraction of sp³-hybridized carbons (Fsp3) is 0.933. The highest BCUT2D eigenvalue weighted by atomic mass is 16.8. The van der Waals surface area contributed by atoms with Gasteiger partial charge in [0.25, 0.3) is 0 Å². The highest BCUT2D eigenvalue weighted by molar-refractivity contribution is 5.77. The monoisotopic (exact) mass is 964 g/mol. The largest absolute Gasteiger partial charge is 0.432 e. The minimum Gasteiger partial charge on any atom is -0.432 e. The van der Waals surface area contributed by atoms with E-state index in [9.17, 15) is 76.3 Å². The number of carbonyl (C=O) groups excluding carboxylic acids is 1. The van der Waals surface area contributed by atoms with Gasteiger partial charge in [0.1, 0.15) is 97.7 Å². The van der Waals surface area contributed by atoms with Crippen molar-refractivity contribution in [2.24, 2.45) is 33.5 Å². The zero-order valence-corrected chi connectivity index (χ0v) is 37.8. The molecule has 0 amide bonds. The van der Waals surface area contributed by atoms with Gasteiger partial charge in [0.15, 0.2) is 12.6 Å². The van der Waals surface area contributed by atoms with Crippen LogP contribution >= 0.6 is 0 Å². The number of aliphatic hydroxyl groups excluding tert-OH is 14. The minimum atomic E-state index is -1.91. The van der Waals surface area contributed by atoms with Crippen LogP contribution < -0.4 is 0 Å². The summed E-state index contributed by atoms with van der Waals surface area (Å²) in [4.78, 5) is 14.3.